The number of amides is 1. The second kappa shape index (κ2) is 3.63. The highest BCUT2D eigenvalue weighted by Gasteiger charge is 2.35. The average molecular weight is 251 g/mol. The Labute approximate surface area is 103 Å². The summed E-state index contributed by atoms with van der Waals surface area (Å²) in [5.41, 5.74) is 7.14. The van der Waals surface area contributed by atoms with Gasteiger partial charge in [-0.05, 0) is 12.1 Å². The van der Waals surface area contributed by atoms with Crippen LogP contribution >= 0.6 is 11.6 Å². The summed E-state index contributed by atoms with van der Waals surface area (Å²) >= 11 is 6.06. The monoisotopic (exact) mass is 250 g/mol. The highest BCUT2D eigenvalue weighted by Crippen LogP contribution is 2.32. The summed E-state index contributed by atoms with van der Waals surface area (Å²) in [6.07, 6.45) is -0.345. The van der Waals surface area contributed by atoms with Gasteiger partial charge in [0.05, 0.1) is 22.8 Å². The molecule has 2 aliphatic heterocycles. The van der Waals surface area contributed by atoms with Crippen LogP contribution in [-0.4, -0.2) is 31.0 Å². The molecule has 0 fully saturated rings. The number of nitrogens with zero attached hydrogens (tertiary/aromatic N) is 2. The molecule has 1 atom stereocenters. The van der Waals surface area contributed by atoms with E-state index in [9.17, 15) is 4.79 Å². The summed E-state index contributed by atoms with van der Waals surface area (Å²) in [7, 11) is 0. The van der Waals surface area contributed by atoms with Gasteiger partial charge in [-0.15, -0.1) is 0 Å². The van der Waals surface area contributed by atoms with Crippen molar-refractivity contribution in [3.8, 4) is 0 Å². The Balaban J connectivity index is 2.16. The summed E-state index contributed by atoms with van der Waals surface area (Å²) in [5.74, 6) is 0.238. The fourth-order valence-corrected chi connectivity index (χ4v) is 2.50. The molecule has 3 rings (SSSR count). The zero-order chi connectivity index (χ0) is 12.0. The number of nitrogens with two attached hydrogens (primary N) is 1. The zero-order valence-corrected chi connectivity index (χ0v) is 9.74. The van der Waals surface area contributed by atoms with Crippen LogP contribution in [0.25, 0.3) is 0 Å². The maximum Gasteiger partial charge on any atom is 0.256 e. The van der Waals surface area contributed by atoms with Gasteiger partial charge in [-0.2, -0.15) is 0 Å². The van der Waals surface area contributed by atoms with E-state index in [4.69, 9.17) is 17.3 Å². The van der Waals surface area contributed by atoms with Gasteiger partial charge in [0.25, 0.3) is 5.91 Å². The number of carbonyl (C=O) groups excluding carboxylic acids is 1. The molecule has 0 radical (unpaired) electrons. The molecule has 2 aliphatic rings. The van der Waals surface area contributed by atoms with Crippen LogP contribution in [0.4, 0.5) is 5.69 Å². The number of fused-ring (bicyclic) bond motifs is 3. The van der Waals surface area contributed by atoms with Crippen molar-refractivity contribution in [2.45, 2.75) is 6.17 Å². The third-order valence-corrected chi connectivity index (χ3v) is 3.34. The average Bonchev–Trinajstić information content (AvgIpc) is 2.31. The number of carbonyl (C=O) groups is 1. The van der Waals surface area contributed by atoms with Crippen molar-refractivity contribution in [3.63, 3.8) is 0 Å². The first kappa shape index (κ1) is 10.4. The van der Waals surface area contributed by atoms with Crippen LogP contribution in [0.5, 0.6) is 0 Å². The second-order valence-corrected chi connectivity index (χ2v) is 4.42. The van der Waals surface area contributed by atoms with Crippen LogP contribution in [0.1, 0.15) is 10.4 Å². The van der Waals surface area contributed by atoms with Crippen LogP contribution in [0.2, 0.25) is 5.02 Å². The van der Waals surface area contributed by atoms with Crippen LogP contribution in [0.3, 0.4) is 0 Å². The van der Waals surface area contributed by atoms with Crippen molar-refractivity contribution < 1.29 is 4.79 Å². The summed E-state index contributed by atoms with van der Waals surface area (Å²) < 4.78 is 0. The summed E-state index contributed by atoms with van der Waals surface area (Å²) in [5, 5.41) is 3.27. The molecule has 0 saturated carbocycles. The van der Waals surface area contributed by atoms with Crippen molar-refractivity contribution in [1.82, 2.24) is 5.32 Å². The van der Waals surface area contributed by atoms with E-state index in [0.717, 1.165) is 12.2 Å². The Bertz CT molecular complexity index is 528. The van der Waals surface area contributed by atoms with Crippen molar-refractivity contribution >= 4 is 29.0 Å². The van der Waals surface area contributed by atoms with Gasteiger partial charge in [-0.3, -0.25) is 9.79 Å². The second-order valence-electron chi connectivity index (χ2n) is 4.01. The quantitative estimate of drug-likeness (QED) is 0.708. The van der Waals surface area contributed by atoms with Crippen molar-refractivity contribution in [2.24, 2.45) is 10.7 Å². The first-order valence-corrected chi connectivity index (χ1v) is 5.72. The molecule has 2 heterocycles. The fraction of sp³-hybridized carbons (Fsp3) is 0.273. The largest absolute Gasteiger partial charge is 0.384 e. The van der Waals surface area contributed by atoms with Gasteiger partial charge in [0.1, 0.15) is 5.84 Å². The highest BCUT2D eigenvalue weighted by molar-refractivity contribution is 6.35. The molecule has 1 aromatic rings. The van der Waals surface area contributed by atoms with E-state index in [1.165, 1.54) is 0 Å². The van der Waals surface area contributed by atoms with Crippen molar-refractivity contribution in [3.05, 3.63) is 28.8 Å². The number of benzene rings is 1. The lowest BCUT2D eigenvalue weighted by Gasteiger charge is -2.40. The smallest absolute Gasteiger partial charge is 0.256 e. The molecule has 0 saturated heterocycles. The van der Waals surface area contributed by atoms with Gasteiger partial charge in [-0.1, -0.05) is 17.7 Å². The van der Waals surface area contributed by atoms with Gasteiger partial charge < -0.3 is 16.0 Å². The number of anilines is 1. The summed E-state index contributed by atoms with van der Waals surface area (Å²) in [6, 6.07) is 5.42. The third kappa shape index (κ3) is 1.46. The standard InChI is InChI=1S/C11H11ClN4O/c12-6-2-1-3-7-8(6)11(17)15-10-9(13)14-4-5-16(7)10/h1-3,10H,4-5H2,(H2,13,14)(H,15,17). The normalized spacial score (nSPS) is 22.4. The minimum Gasteiger partial charge on any atom is -0.384 e. The lowest BCUT2D eigenvalue weighted by Crippen LogP contribution is -2.61. The minimum absolute atomic E-state index is 0.202. The van der Waals surface area contributed by atoms with E-state index >= 15 is 0 Å². The van der Waals surface area contributed by atoms with Gasteiger partial charge in [0, 0.05) is 6.54 Å². The van der Waals surface area contributed by atoms with E-state index in [-0.39, 0.29) is 12.1 Å². The molecule has 88 valence electrons. The molecule has 3 N–H and O–H groups in total. The molecule has 0 spiro atoms. The molecule has 0 aliphatic carbocycles. The summed E-state index contributed by atoms with van der Waals surface area (Å²) in [6.45, 7) is 1.35. The third-order valence-electron chi connectivity index (χ3n) is 3.02. The minimum atomic E-state index is -0.345. The van der Waals surface area contributed by atoms with Crippen molar-refractivity contribution in [2.75, 3.05) is 18.0 Å². The van der Waals surface area contributed by atoms with Crippen LogP contribution in [-0.2, 0) is 0 Å². The molecular weight excluding hydrogens is 240 g/mol. The molecular formula is C11H11ClN4O. The predicted octanol–water partition coefficient (Wildman–Crippen LogP) is 0.587. The van der Waals surface area contributed by atoms with Crippen LogP contribution < -0.4 is 16.0 Å². The van der Waals surface area contributed by atoms with E-state index in [1.807, 2.05) is 17.0 Å². The van der Waals surface area contributed by atoms with E-state index < -0.39 is 0 Å². The fourth-order valence-electron chi connectivity index (χ4n) is 2.25. The molecule has 5 nitrogen and oxygen atoms in total. The molecule has 0 aromatic heterocycles. The molecule has 0 bridgehead atoms. The first-order chi connectivity index (χ1) is 8.18. The molecule has 6 heteroatoms. The number of amidine groups is 1. The lowest BCUT2D eigenvalue weighted by molar-refractivity contribution is 0.0938. The number of aliphatic imine (C=N–C) groups is 1. The number of rotatable bonds is 0. The molecule has 1 amide bonds. The first-order valence-electron chi connectivity index (χ1n) is 5.34. The lowest BCUT2D eigenvalue weighted by atomic mass is 10.1. The maximum absolute atomic E-state index is 12.0. The summed E-state index contributed by atoms with van der Waals surface area (Å²) in [4.78, 5) is 18.1. The van der Waals surface area contributed by atoms with Gasteiger partial charge in [-0.25, -0.2) is 0 Å². The number of hydrogen-bond donors (Lipinski definition) is 2. The molecule has 17 heavy (non-hydrogen) atoms. The Hall–Kier alpha value is -1.75. The molecule has 1 unspecified atom stereocenters. The Morgan fingerprint density at radius 1 is 1.53 bits per heavy atom. The van der Waals surface area contributed by atoms with E-state index in [1.54, 1.807) is 6.07 Å². The van der Waals surface area contributed by atoms with E-state index in [0.29, 0.717) is 23.0 Å². The Morgan fingerprint density at radius 2 is 2.35 bits per heavy atom. The van der Waals surface area contributed by atoms with Gasteiger partial charge in [0.15, 0.2) is 6.17 Å². The molecule has 1 aromatic carbocycles. The Kier molecular flexibility index (Phi) is 2.22. The van der Waals surface area contributed by atoms with Crippen molar-refractivity contribution in [1.29, 1.82) is 0 Å². The number of nitrogens with one attached hydrogen (secondary N) is 1. The van der Waals surface area contributed by atoms with Crippen LogP contribution in [0, 0.1) is 0 Å². The SMILES string of the molecule is NC1=NCCN2c3cccc(Cl)c3C(=O)NC12. The number of hydrogen-bond acceptors (Lipinski definition) is 4. The van der Waals surface area contributed by atoms with Gasteiger partial charge in [0.2, 0.25) is 0 Å². The predicted molar refractivity (Wildman–Crippen MR) is 66.5 cm³/mol. The Morgan fingerprint density at radius 3 is 3.18 bits per heavy atom. The maximum atomic E-state index is 12.0. The topological polar surface area (TPSA) is 70.7 Å². The number of halogens is 1. The van der Waals surface area contributed by atoms with Gasteiger partial charge >= 0.3 is 0 Å². The van der Waals surface area contributed by atoms with E-state index in [2.05, 4.69) is 10.3 Å². The zero-order valence-electron chi connectivity index (χ0n) is 8.98. The highest BCUT2D eigenvalue weighted by atomic mass is 35.5. The van der Waals surface area contributed by atoms with Crippen LogP contribution in [0.15, 0.2) is 23.2 Å².